The van der Waals surface area contributed by atoms with Crippen LogP contribution in [0.2, 0.25) is 39.3 Å². The molecule has 0 bridgehead atoms. The van der Waals surface area contributed by atoms with Crippen molar-refractivity contribution < 1.29 is 28.9 Å². The minimum atomic E-state index is -1.37. The first-order valence-corrected chi connectivity index (χ1v) is 37.2. The van der Waals surface area contributed by atoms with Crippen LogP contribution in [0.5, 0.6) is 0 Å². The molecule has 0 amide bonds. The summed E-state index contributed by atoms with van der Waals surface area (Å²) in [6, 6.07) is 71.2. The predicted molar refractivity (Wildman–Crippen MR) is 365 cm³/mol. The van der Waals surface area contributed by atoms with Crippen molar-refractivity contribution >= 4 is 59.5 Å². The molecule has 88 heavy (non-hydrogen) atoms. The van der Waals surface area contributed by atoms with Crippen LogP contribution in [-0.4, -0.2) is 35.7 Å². The molecule has 442 valence electrons. The molecule has 4 aromatic heterocycles. The van der Waals surface area contributed by atoms with Gasteiger partial charge in [-0.15, -0.1) is 83.4 Å². The molecule has 1 aliphatic carbocycles. The number of aromatic nitrogens is 4. The molecule has 13 rings (SSSR count). The van der Waals surface area contributed by atoms with E-state index in [0.29, 0.717) is 5.56 Å². The Balaban J connectivity index is 0.000000176. The second-order valence-electron chi connectivity index (χ2n) is 26.7. The van der Waals surface area contributed by atoms with E-state index in [1.807, 2.05) is 54.7 Å². The molecule has 8 aromatic carbocycles. The number of para-hydroxylation sites is 2. The maximum absolute atomic E-state index is 12.8. The van der Waals surface area contributed by atoms with Gasteiger partial charge in [0.15, 0.2) is 0 Å². The molecule has 0 aliphatic heterocycles. The van der Waals surface area contributed by atoms with E-state index in [1.165, 1.54) is 67.1 Å². The summed E-state index contributed by atoms with van der Waals surface area (Å²) in [5, 5.41) is 14.3. The fourth-order valence-electron chi connectivity index (χ4n) is 11.8. The average molecular weight is 1370 g/mol. The van der Waals surface area contributed by atoms with Crippen LogP contribution in [0.1, 0.15) is 95.0 Å². The van der Waals surface area contributed by atoms with Crippen molar-refractivity contribution in [1.82, 2.24) is 19.5 Å². The summed E-state index contributed by atoms with van der Waals surface area (Å²) < 4.78 is 21.8. The Bertz CT molecular complexity index is 4530. The van der Waals surface area contributed by atoms with Crippen molar-refractivity contribution in [3.63, 3.8) is 0 Å². The van der Waals surface area contributed by atoms with E-state index < -0.39 is 16.1 Å². The van der Waals surface area contributed by atoms with E-state index in [-0.39, 0.29) is 48.6 Å². The second-order valence-corrected chi connectivity index (χ2v) is 36.9. The van der Waals surface area contributed by atoms with Crippen molar-refractivity contribution in [2.45, 2.75) is 117 Å². The van der Waals surface area contributed by atoms with Crippen molar-refractivity contribution in [3.05, 3.63) is 240 Å². The van der Waals surface area contributed by atoms with Gasteiger partial charge in [0.1, 0.15) is 5.58 Å². The summed E-state index contributed by atoms with van der Waals surface area (Å²) in [6.45, 7) is 32.5. The van der Waals surface area contributed by atoms with Crippen LogP contribution in [-0.2, 0) is 30.9 Å². The molecule has 10 heteroatoms. The average Bonchev–Trinajstić information content (AvgIpc) is 0.945. The predicted octanol–water partition coefficient (Wildman–Crippen LogP) is 19.7. The van der Waals surface area contributed by atoms with Crippen LogP contribution in [0, 0.1) is 35.3 Å². The third-order valence-corrected chi connectivity index (χ3v) is 21.8. The van der Waals surface area contributed by atoms with Crippen LogP contribution in [0.15, 0.2) is 193 Å². The summed E-state index contributed by atoms with van der Waals surface area (Å²) in [5.74, 6) is 1.06. The molecule has 0 spiro atoms. The monoisotopic (exact) mass is 1370 g/mol. The molecule has 0 N–H and O–H groups in total. The Labute approximate surface area is 535 Å². The maximum Gasteiger partial charge on any atom is 3.00 e. The molecule has 6 nitrogen and oxygen atoms in total. The number of fused-ring (bicyclic) bond motifs is 7. The fourth-order valence-corrected chi connectivity index (χ4v) is 13.9. The zero-order valence-corrected chi connectivity index (χ0v) is 57.3. The van der Waals surface area contributed by atoms with Gasteiger partial charge in [-0.05, 0) is 120 Å². The molecule has 0 atom stereocenters. The van der Waals surface area contributed by atoms with E-state index >= 15 is 0 Å². The number of rotatable bonds is 9. The standard InChI is InChI=1S/C44H34N3O.C20H26NSi.C14H15FNSi.Ir/c1-27(2)37-23-33(30-13-6-5-7-14-30)24-38(28(3)4)42(37)47-40-19-9-8-18-39(40)46-44(47)36-17-11-16-35-34-21-20-32(25-41(34)48-43(35)36)31-15-10-12-29(22-31)26-45;1-19(2)16-11-9-8-10-15(16)18-17(20(19,3)4)12-14(13-21-18)22(5,6)7;1-17(2,3)13-8-9-14(16-10-13)11-4-6-12(15)7-5-11;/h5-16,18-25,27-28H,1-4H3;8-9,11-13H,1-7H3;4,6-10H,1-3H3;/q3*-1;+3. The van der Waals surface area contributed by atoms with Gasteiger partial charge in [0.25, 0.3) is 0 Å². The number of imidazole rings is 1. The number of pyridine rings is 2. The van der Waals surface area contributed by atoms with E-state index in [1.54, 1.807) is 6.07 Å². The molecular formula is C78H75FIrN5OSi2. The number of nitrogens with zero attached hydrogens (tertiary/aromatic N) is 5. The fraction of sp³-hybridized carbons (Fsp3) is 0.231. The molecule has 4 heterocycles. The summed E-state index contributed by atoms with van der Waals surface area (Å²) >= 11 is 0. The van der Waals surface area contributed by atoms with E-state index in [2.05, 4.69) is 244 Å². The number of halogens is 1. The molecule has 0 fully saturated rings. The number of furan rings is 1. The minimum Gasteiger partial charge on any atom is -0.501 e. The number of nitriles is 1. The smallest absolute Gasteiger partial charge is 0.501 e. The Hall–Kier alpha value is -8.17. The van der Waals surface area contributed by atoms with Gasteiger partial charge < -0.3 is 19.0 Å². The van der Waals surface area contributed by atoms with E-state index in [4.69, 9.17) is 14.4 Å². The molecule has 0 saturated heterocycles. The Kier molecular flexibility index (Phi) is 17.7. The maximum atomic E-state index is 12.8. The van der Waals surface area contributed by atoms with Crippen molar-refractivity contribution in [2.24, 2.45) is 0 Å². The van der Waals surface area contributed by atoms with Crippen LogP contribution in [0.3, 0.4) is 0 Å². The Morgan fingerprint density at radius 3 is 1.90 bits per heavy atom. The molecule has 12 aromatic rings. The third kappa shape index (κ3) is 12.1. The van der Waals surface area contributed by atoms with Crippen LogP contribution in [0.25, 0.3) is 94.8 Å². The normalized spacial score (nSPS) is 13.2. The van der Waals surface area contributed by atoms with Gasteiger partial charge in [-0.25, -0.2) is 0 Å². The zero-order chi connectivity index (χ0) is 61.7. The molecule has 0 unspecified atom stereocenters. The molecule has 1 aliphatic rings. The largest absolute Gasteiger partial charge is 3.00 e. The summed E-state index contributed by atoms with van der Waals surface area (Å²) in [5.41, 5.74) is 19.9. The SMILES string of the molecule is CC(C)c1cc(-c2ccccc2)cc(C(C)C)c1-n1c(-c2[c-]ccc3c2oc2cc(-c4cccc(C#N)c4)ccc23)nc2ccccc21.CC1(C)c2ccc[c-]c2-c2ncc([Si](C)(C)C)cc2C1(C)C.C[Si](C)(C)c1ccc(-c2[c-]cc(F)cc2)nc1.[Ir+3]. The first-order valence-electron chi connectivity index (χ1n) is 30.2. The first kappa shape index (κ1) is 62.9. The Morgan fingerprint density at radius 2 is 1.24 bits per heavy atom. The van der Waals surface area contributed by atoms with Gasteiger partial charge in [-0.3, -0.25) is 9.37 Å². The van der Waals surface area contributed by atoms with Crippen LogP contribution < -0.4 is 10.4 Å². The van der Waals surface area contributed by atoms with Crippen LogP contribution in [0.4, 0.5) is 4.39 Å². The summed E-state index contributed by atoms with van der Waals surface area (Å²) in [7, 11) is -2.66. The van der Waals surface area contributed by atoms with Gasteiger partial charge in [-0.2, -0.15) is 5.26 Å². The Morgan fingerprint density at radius 1 is 0.580 bits per heavy atom. The van der Waals surface area contributed by atoms with Crippen molar-refractivity contribution in [3.8, 4) is 67.9 Å². The summed E-state index contributed by atoms with van der Waals surface area (Å²) in [4.78, 5) is 14.6. The first-order chi connectivity index (χ1) is 41.4. The number of benzene rings is 8. The number of hydrogen-bond donors (Lipinski definition) is 0. The third-order valence-electron chi connectivity index (χ3n) is 17.7. The van der Waals surface area contributed by atoms with Crippen molar-refractivity contribution in [1.29, 1.82) is 5.26 Å². The quantitative estimate of drug-likeness (QED) is 0.106. The zero-order valence-electron chi connectivity index (χ0n) is 52.9. The van der Waals surface area contributed by atoms with Gasteiger partial charge >= 0.3 is 20.1 Å². The molecule has 0 radical (unpaired) electrons. The van der Waals surface area contributed by atoms with Gasteiger partial charge in [0.2, 0.25) is 0 Å². The summed E-state index contributed by atoms with van der Waals surface area (Å²) in [6.07, 6.45) is 4.03. The molecule has 0 saturated carbocycles. The van der Waals surface area contributed by atoms with Gasteiger partial charge in [0, 0.05) is 29.3 Å². The second kappa shape index (κ2) is 24.8. The van der Waals surface area contributed by atoms with Crippen LogP contribution >= 0.6 is 0 Å². The van der Waals surface area contributed by atoms with E-state index in [9.17, 15) is 9.65 Å². The number of hydrogen-bond acceptors (Lipinski definition) is 5. The van der Waals surface area contributed by atoms with Crippen molar-refractivity contribution in [2.75, 3.05) is 0 Å². The topological polar surface area (TPSA) is 80.5 Å². The molecular weight excluding hydrogens is 1290 g/mol. The minimum absolute atomic E-state index is 0. The van der Waals surface area contributed by atoms with Gasteiger partial charge in [-0.1, -0.05) is 196 Å². The van der Waals surface area contributed by atoms with Gasteiger partial charge in [0.05, 0.1) is 50.2 Å². The van der Waals surface area contributed by atoms with E-state index in [0.717, 1.165) is 72.4 Å².